The minimum absolute atomic E-state index is 0.0738. The maximum Gasteiger partial charge on any atom is 0.414 e. The van der Waals surface area contributed by atoms with Gasteiger partial charge in [0.25, 0.3) is 0 Å². The second-order valence-corrected chi connectivity index (χ2v) is 5.08. The maximum atomic E-state index is 12.5. The molecule has 110 valence electrons. The summed E-state index contributed by atoms with van der Waals surface area (Å²) in [5, 5.41) is 9.27. The average molecular weight is 287 g/mol. The van der Waals surface area contributed by atoms with E-state index in [2.05, 4.69) is 0 Å². The van der Waals surface area contributed by atoms with E-state index in [1.165, 1.54) is 4.90 Å². The Morgan fingerprint density at radius 2 is 1.90 bits per heavy atom. The molecule has 20 heavy (non-hydrogen) atoms. The third-order valence-corrected chi connectivity index (χ3v) is 3.72. The Balaban J connectivity index is 2.10. The lowest BCUT2D eigenvalue weighted by atomic mass is 10.0. The molecule has 0 aromatic heterocycles. The van der Waals surface area contributed by atoms with Gasteiger partial charge in [-0.15, -0.1) is 0 Å². The van der Waals surface area contributed by atoms with Gasteiger partial charge in [0.15, 0.2) is 6.10 Å². The minimum Gasteiger partial charge on any atom is -0.383 e. The van der Waals surface area contributed by atoms with Crippen LogP contribution in [0, 0.1) is 5.92 Å². The Labute approximate surface area is 115 Å². The van der Waals surface area contributed by atoms with Crippen LogP contribution in [0.1, 0.15) is 24.9 Å². The van der Waals surface area contributed by atoms with E-state index in [1.54, 1.807) is 6.92 Å². The monoisotopic (exact) mass is 287 g/mol. The van der Waals surface area contributed by atoms with Crippen LogP contribution in [0.15, 0.2) is 30.3 Å². The van der Waals surface area contributed by atoms with E-state index in [1.807, 2.05) is 30.3 Å². The number of carbonyl (C=O) groups excluding carboxylic acids is 1. The van der Waals surface area contributed by atoms with E-state index in [9.17, 15) is 23.1 Å². The lowest BCUT2D eigenvalue weighted by Crippen LogP contribution is -2.37. The molecule has 1 aromatic carbocycles. The van der Waals surface area contributed by atoms with Crippen LogP contribution in [0.4, 0.5) is 13.2 Å². The highest BCUT2D eigenvalue weighted by atomic mass is 19.4. The third kappa shape index (κ3) is 2.95. The second kappa shape index (κ2) is 5.44. The highest BCUT2D eigenvalue weighted by molar-refractivity contribution is 5.79. The molecule has 1 N–H and O–H groups in total. The summed E-state index contributed by atoms with van der Waals surface area (Å²) in [6, 6.07) is 8.81. The number of likely N-dealkylation sites (tertiary alicyclic amines) is 1. The van der Waals surface area contributed by atoms with Gasteiger partial charge in [-0.05, 0) is 12.5 Å². The summed E-state index contributed by atoms with van der Waals surface area (Å²) >= 11 is 0. The fraction of sp³-hybridized carbons (Fsp3) is 0.500. The van der Waals surface area contributed by atoms with Crippen LogP contribution in [0.25, 0.3) is 0 Å². The molecule has 0 bridgehead atoms. The van der Waals surface area contributed by atoms with E-state index < -0.39 is 18.2 Å². The number of benzene rings is 1. The van der Waals surface area contributed by atoms with Crippen molar-refractivity contribution in [2.45, 2.75) is 31.7 Å². The highest BCUT2D eigenvalue weighted by Crippen LogP contribution is 2.35. The van der Waals surface area contributed by atoms with E-state index in [4.69, 9.17) is 0 Å². The number of rotatable bonds is 3. The van der Waals surface area contributed by atoms with Crippen molar-refractivity contribution in [2.24, 2.45) is 5.92 Å². The zero-order valence-corrected chi connectivity index (χ0v) is 11.0. The molecule has 1 aromatic rings. The van der Waals surface area contributed by atoms with Crippen LogP contribution in [-0.4, -0.2) is 34.7 Å². The smallest absolute Gasteiger partial charge is 0.383 e. The van der Waals surface area contributed by atoms with Crippen molar-refractivity contribution < 1.29 is 23.1 Å². The zero-order valence-electron chi connectivity index (χ0n) is 11.0. The normalized spacial score (nSPS) is 22.9. The number of carbonyl (C=O) groups is 1. The first-order valence-electron chi connectivity index (χ1n) is 6.40. The minimum atomic E-state index is -4.68. The molecular weight excluding hydrogens is 271 g/mol. The number of amides is 1. The molecule has 1 saturated heterocycles. The van der Waals surface area contributed by atoms with Crippen LogP contribution in [0.5, 0.6) is 0 Å². The lowest BCUT2D eigenvalue weighted by Gasteiger charge is -2.26. The van der Waals surface area contributed by atoms with Crippen molar-refractivity contribution in [1.82, 2.24) is 4.90 Å². The van der Waals surface area contributed by atoms with Crippen LogP contribution < -0.4 is 0 Å². The molecule has 1 amide bonds. The summed E-state index contributed by atoms with van der Waals surface area (Å²) in [5.41, 5.74) is 0.864. The molecule has 0 radical (unpaired) electrons. The van der Waals surface area contributed by atoms with Gasteiger partial charge in [0.05, 0.1) is 6.04 Å². The van der Waals surface area contributed by atoms with E-state index in [0.717, 1.165) is 5.56 Å². The fourth-order valence-electron chi connectivity index (χ4n) is 2.52. The largest absolute Gasteiger partial charge is 0.414 e. The van der Waals surface area contributed by atoms with Crippen molar-refractivity contribution in [3.63, 3.8) is 0 Å². The Morgan fingerprint density at radius 1 is 1.30 bits per heavy atom. The summed E-state index contributed by atoms with van der Waals surface area (Å²) in [5.74, 6) is -1.44. The number of aliphatic hydroxyl groups is 1. The average Bonchev–Trinajstić information content (AvgIpc) is 2.79. The summed E-state index contributed by atoms with van der Waals surface area (Å²) < 4.78 is 37.5. The van der Waals surface area contributed by atoms with Crippen LogP contribution in [0.2, 0.25) is 0 Å². The lowest BCUT2D eigenvalue weighted by molar-refractivity contribution is -0.218. The van der Waals surface area contributed by atoms with Gasteiger partial charge in [0, 0.05) is 18.9 Å². The summed E-state index contributed by atoms with van der Waals surface area (Å²) in [6.45, 7) is 1.70. The number of halogens is 3. The van der Waals surface area contributed by atoms with Gasteiger partial charge in [0.1, 0.15) is 0 Å². The van der Waals surface area contributed by atoms with Gasteiger partial charge in [-0.25, -0.2) is 0 Å². The summed E-state index contributed by atoms with van der Waals surface area (Å²) in [6.07, 6.45) is -7.39. The van der Waals surface area contributed by atoms with Crippen molar-refractivity contribution in [2.75, 3.05) is 6.54 Å². The number of alkyl halides is 3. The van der Waals surface area contributed by atoms with Crippen molar-refractivity contribution >= 4 is 5.91 Å². The molecule has 3 atom stereocenters. The third-order valence-electron chi connectivity index (χ3n) is 3.72. The molecule has 0 saturated carbocycles. The van der Waals surface area contributed by atoms with E-state index in [-0.39, 0.29) is 24.9 Å². The predicted octanol–water partition coefficient (Wildman–Crippen LogP) is 2.52. The molecule has 6 heteroatoms. The number of aliphatic hydroxyl groups excluding tert-OH is 1. The summed E-state index contributed by atoms with van der Waals surface area (Å²) in [4.78, 5) is 13.3. The van der Waals surface area contributed by atoms with Crippen molar-refractivity contribution in [3.05, 3.63) is 35.9 Å². The first-order chi connectivity index (χ1) is 9.30. The standard InChI is InChI=1S/C14H16F3NO2/c1-9(10-5-3-2-4-6-10)18-8-11(7-12(18)19)13(20)14(15,16)17/h2-6,9,11,13,20H,7-8H2,1H3/t9-,11-,13?/m1/s1. The zero-order chi connectivity index (χ0) is 14.9. The van der Waals surface area contributed by atoms with E-state index in [0.29, 0.717) is 0 Å². The van der Waals surface area contributed by atoms with Crippen LogP contribution in [-0.2, 0) is 4.79 Å². The van der Waals surface area contributed by atoms with Crippen LogP contribution >= 0.6 is 0 Å². The molecule has 2 rings (SSSR count). The Bertz CT molecular complexity index is 475. The van der Waals surface area contributed by atoms with Gasteiger partial charge in [-0.1, -0.05) is 30.3 Å². The molecule has 1 fully saturated rings. The molecule has 1 heterocycles. The fourth-order valence-corrected chi connectivity index (χ4v) is 2.52. The van der Waals surface area contributed by atoms with Gasteiger partial charge in [-0.2, -0.15) is 13.2 Å². The van der Waals surface area contributed by atoms with Crippen molar-refractivity contribution in [1.29, 1.82) is 0 Å². The maximum absolute atomic E-state index is 12.5. The number of hydrogen-bond acceptors (Lipinski definition) is 2. The molecule has 1 unspecified atom stereocenters. The van der Waals surface area contributed by atoms with Gasteiger partial charge in [0.2, 0.25) is 5.91 Å². The first kappa shape index (κ1) is 14.8. The molecule has 1 aliphatic heterocycles. The first-order valence-corrected chi connectivity index (χ1v) is 6.40. The highest BCUT2D eigenvalue weighted by Gasteiger charge is 2.48. The summed E-state index contributed by atoms with van der Waals surface area (Å²) in [7, 11) is 0. The molecule has 0 aliphatic carbocycles. The Morgan fingerprint density at radius 3 is 2.45 bits per heavy atom. The SMILES string of the molecule is C[C@H](c1ccccc1)N1C[C@H](C(O)C(F)(F)F)CC1=O. The van der Waals surface area contributed by atoms with Crippen LogP contribution in [0.3, 0.4) is 0 Å². The molecule has 0 spiro atoms. The Kier molecular flexibility index (Phi) is 4.04. The molecular formula is C14H16F3NO2. The Hall–Kier alpha value is -1.56. The van der Waals surface area contributed by atoms with Gasteiger partial charge < -0.3 is 10.0 Å². The molecule has 3 nitrogen and oxygen atoms in total. The quantitative estimate of drug-likeness (QED) is 0.928. The predicted molar refractivity (Wildman–Crippen MR) is 66.7 cm³/mol. The van der Waals surface area contributed by atoms with Crippen molar-refractivity contribution in [3.8, 4) is 0 Å². The number of nitrogens with zero attached hydrogens (tertiary/aromatic N) is 1. The van der Waals surface area contributed by atoms with Gasteiger partial charge >= 0.3 is 6.18 Å². The second-order valence-electron chi connectivity index (χ2n) is 5.08. The molecule has 1 aliphatic rings. The van der Waals surface area contributed by atoms with Gasteiger partial charge in [-0.3, -0.25) is 4.79 Å². The van der Waals surface area contributed by atoms with E-state index >= 15 is 0 Å². The number of hydrogen-bond donors (Lipinski definition) is 1. The topological polar surface area (TPSA) is 40.5 Å².